The van der Waals surface area contributed by atoms with E-state index in [-0.39, 0.29) is 18.2 Å². The average Bonchev–Trinajstić information content (AvgIpc) is 3.13. The van der Waals surface area contributed by atoms with Crippen LogP contribution in [0.4, 0.5) is 30.7 Å². The number of carbonyl (C=O) groups excluding carboxylic acids is 1. The van der Waals surface area contributed by atoms with Crippen LogP contribution in [-0.4, -0.2) is 40.7 Å². The van der Waals surface area contributed by atoms with Gasteiger partial charge in [-0.05, 0) is 54.8 Å². The summed E-state index contributed by atoms with van der Waals surface area (Å²) in [6.07, 6.45) is -13.0. The molecule has 4 nitrogen and oxygen atoms in total. The number of benzene rings is 2. The zero-order chi connectivity index (χ0) is 27.5. The smallest absolute Gasteiger partial charge is 0.383 e. The number of aliphatic hydroxyl groups is 1. The van der Waals surface area contributed by atoms with E-state index < -0.39 is 70.9 Å². The van der Waals surface area contributed by atoms with Crippen molar-refractivity contribution in [3.8, 4) is 0 Å². The molecule has 1 amide bonds. The van der Waals surface area contributed by atoms with Gasteiger partial charge < -0.3 is 14.7 Å². The Balaban J connectivity index is 1.71. The van der Waals surface area contributed by atoms with Crippen LogP contribution < -0.4 is 0 Å². The first kappa shape index (κ1) is 27.4. The number of amides is 1. The third kappa shape index (κ3) is 5.34. The van der Waals surface area contributed by atoms with Crippen LogP contribution in [0.2, 0.25) is 0 Å². The van der Waals surface area contributed by atoms with Crippen molar-refractivity contribution in [3.63, 3.8) is 0 Å². The van der Waals surface area contributed by atoms with E-state index in [4.69, 9.17) is 4.74 Å². The molecule has 2 aromatic rings. The Kier molecular flexibility index (Phi) is 6.86. The molecule has 1 N–H and O–H groups in total. The minimum atomic E-state index is -5.01. The number of rotatable bonds is 4. The summed E-state index contributed by atoms with van der Waals surface area (Å²) in [6.45, 7) is 4.77. The number of fused-ring (bicyclic) bond motifs is 1. The molecule has 11 heteroatoms. The van der Waals surface area contributed by atoms with Crippen molar-refractivity contribution in [2.24, 2.45) is 5.41 Å². The molecule has 37 heavy (non-hydrogen) atoms. The van der Waals surface area contributed by atoms with Gasteiger partial charge in [-0.1, -0.05) is 26.0 Å². The third-order valence-corrected chi connectivity index (χ3v) is 7.30. The fourth-order valence-corrected chi connectivity index (χ4v) is 5.32. The van der Waals surface area contributed by atoms with Crippen LogP contribution in [0.25, 0.3) is 0 Å². The SMILES string of the molecule is C[C@@H](OC1CN2C(=O)C(O)C(C)(C)CC2[C@@H]1c1ccc(F)cc1)c1cc(C(F)(F)F)cc(C(F)(F)F)c1. The summed E-state index contributed by atoms with van der Waals surface area (Å²) in [5.74, 6) is -1.58. The lowest BCUT2D eigenvalue weighted by atomic mass is 9.73. The van der Waals surface area contributed by atoms with E-state index >= 15 is 0 Å². The van der Waals surface area contributed by atoms with E-state index in [0.717, 1.165) is 0 Å². The Hall–Kier alpha value is -2.66. The van der Waals surface area contributed by atoms with Gasteiger partial charge in [-0.2, -0.15) is 26.3 Å². The quantitative estimate of drug-likeness (QED) is 0.484. The number of hydrogen-bond donors (Lipinski definition) is 1. The van der Waals surface area contributed by atoms with Gasteiger partial charge in [-0.25, -0.2) is 4.39 Å². The third-order valence-electron chi connectivity index (χ3n) is 7.30. The molecule has 5 atom stereocenters. The van der Waals surface area contributed by atoms with Crippen molar-refractivity contribution in [3.05, 3.63) is 70.5 Å². The second kappa shape index (κ2) is 9.27. The molecule has 0 spiro atoms. The van der Waals surface area contributed by atoms with Crippen LogP contribution >= 0.6 is 0 Å². The van der Waals surface area contributed by atoms with Crippen molar-refractivity contribution in [1.29, 1.82) is 0 Å². The lowest BCUT2D eigenvalue weighted by Crippen LogP contribution is -2.56. The number of carbonyl (C=O) groups is 1. The average molecular weight is 533 g/mol. The Morgan fingerprint density at radius 2 is 1.54 bits per heavy atom. The van der Waals surface area contributed by atoms with E-state index in [1.807, 2.05) is 0 Å². The number of halogens is 7. The van der Waals surface area contributed by atoms with Gasteiger partial charge >= 0.3 is 12.4 Å². The maximum Gasteiger partial charge on any atom is 0.416 e. The van der Waals surface area contributed by atoms with Gasteiger partial charge in [0.05, 0.1) is 23.3 Å². The largest absolute Gasteiger partial charge is 0.416 e. The highest BCUT2D eigenvalue weighted by atomic mass is 19.4. The molecular weight excluding hydrogens is 507 g/mol. The Bertz CT molecular complexity index is 1130. The lowest BCUT2D eigenvalue weighted by molar-refractivity contribution is -0.156. The summed E-state index contributed by atoms with van der Waals surface area (Å²) in [5.41, 5.74) is -3.42. The minimum absolute atomic E-state index is 0.0336. The van der Waals surface area contributed by atoms with Crippen molar-refractivity contribution in [2.75, 3.05) is 6.54 Å². The number of alkyl halides is 6. The fourth-order valence-electron chi connectivity index (χ4n) is 5.32. The van der Waals surface area contributed by atoms with E-state index in [2.05, 4.69) is 0 Å². The summed E-state index contributed by atoms with van der Waals surface area (Å²) < 4.78 is 99.9. The van der Waals surface area contributed by atoms with E-state index in [9.17, 15) is 40.6 Å². The molecule has 2 saturated heterocycles. The summed E-state index contributed by atoms with van der Waals surface area (Å²) in [5, 5.41) is 10.5. The van der Waals surface area contributed by atoms with Gasteiger partial charge in [0.15, 0.2) is 0 Å². The number of nitrogens with zero attached hydrogens (tertiary/aromatic N) is 1. The van der Waals surface area contributed by atoms with Crippen LogP contribution in [0, 0.1) is 11.2 Å². The molecule has 0 aliphatic carbocycles. The molecule has 2 heterocycles. The number of piperidine rings is 1. The highest BCUT2D eigenvalue weighted by Crippen LogP contribution is 2.47. The molecule has 0 bridgehead atoms. The van der Waals surface area contributed by atoms with E-state index in [1.165, 1.54) is 36.1 Å². The predicted octanol–water partition coefficient (Wildman–Crippen LogP) is 6.09. The van der Waals surface area contributed by atoms with Crippen LogP contribution in [0.15, 0.2) is 42.5 Å². The normalized spacial score (nSPS) is 26.8. The van der Waals surface area contributed by atoms with Crippen LogP contribution in [0.1, 0.15) is 61.5 Å². The second-order valence-electron chi connectivity index (χ2n) is 10.4. The Morgan fingerprint density at radius 3 is 2.05 bits per heavy atom. The highest BCUT2D eigenvalue weighted by Gasteiger charge is 2.55. The maximum atomic E-state index is 13.6. The summed E-state index contributed by atoms with van der Waals surface area (Å²) in [7, 11) is 0. The van der Waals surface area contributed by atoms with Gasteiger partial charge in [-0.3, -0.25) is 4.79 Å². The number of aliphatic hydroxyl groups excluding tert-OH is 1. The molecule has 202 valence electrons. The summed E-state index contributed by atoms with van der Waals surface area (Å²) >= 11 is 0. The second-order valence-corrected chi connectivity index (χ2v) is 10.4. The van der Waals surface area contributed by atoms with Gasteiger partial charge in [0.2, 0.25) is 0 Å². The number of ether oxygens (including phenoxy) is 1. The molecule has 0 radical (unpaired) electrons. The van der Waals surface area contributed by atoms with E-state index in [0.29, 0.717) is 24.1 Å². The number of hydrogen-bond acceptors (Lipinski definition) is 3. The van der Waals surface area contributed by atoms with Crippen molar-refractivity contribution in [1.82, 2.24) is 4.90 Å². The van der Waals surface area contributed by atoms with Crippen LogP contribution in [0.5, 0.6) is 0 Å². The van der Waals surface area contributed by atoms with Crippen LogP contribution in [0.3, 0.4) is 0 Å². The molecule has 0 saturated carbocycles. The van der Waals surface area contributed by atoms with Gasteiger partial charge in [0, 0.05) is 23.9 Å². The zero-order valence-electron chi connectivity index (χ0n) is 20.2. The van der Waals surface area contributed by atoms with E-state index in [1.54, 1.807) is 13.8 Å². The zero-order valence-corrected chi connectivity index (χ0v) is 20.2. The predicted molar refractivity (Wildman–Crippen MR) is 119 cm³/mol. The summed E-state index contributed by atoms with van der Waals surface area (Å²) in [4.78, 5) is 14.4. The molecular formula is C26H26F7NO3. The van der Waals surface area contributed by atoms with Crippen molar-refractivity contribution >= 4 is 5.91 Å². The molecule has 0 aromatic heterocycles. The molecule has 2 fully saturated rings. The summed E-state index contributed by atoms with van der Waals surface area (Å²) in [6, 6.07) is 6.30. The topological polar surface area (TPSA) is 49.8 Å². The van der Waals surface area contributed by atoms with Crippen molar-refractivity contribution < 1.29 is 45.4 Å². The monoisotopic (exact) mass is 533 g/mol. The Labute approximate surface area is 209 Å². The van der Waals surface area contributed by atoms with Gasteiger partial charge in [0.25, 0.3) is 5.91 Å². The fraction of sp³-hybridized carbons (Fsp3) is 0.500. The molecule has 2 aromatic carbocycles. The van der Waals surface area contributed by atoms with Crippen molar-refractivity contribution in [2.45, 2.75) is 69.8 Å². The molecule has 3 unspecified atom stereocenters. The molecule has 2 aliphatic heterocycles. The standard InChI is InChI=1S/C26H26F7NO3/c1-13(15-8-16(25(28,29)30)10-17(9-15)26(31,32)33)37-20-12-34-19(11-24(2,3)22(35)23(34)36)21(20)14-4-6-18(27)7-5-14/h4-10,13,19-22,35H,11-12H2,1-3H3/t13-,19?,20?,21+,22?/m1/s1. The first-order chi connectivity index (χ1) is 17.0. The minimum Gasteiger partial charge on any atom is -0.383 e. The van der Waals surface area contributed by atoms with Gasteiger partial charge in [-0.15, -0.1) is 0 Å². The first-order valence-corrected chi connectivity index (χ1v) is 11.7. The first-order valence-electron chi connectivity index (χ1n) is 11.7. The lowest BCUT2D eigenvalue weighted by Gasteiger charge is -2.44. The molecule has 2 aliphatic rings. The van der Waals surface area contributed by atoms with Gasteiger partial charge in [0.1, 0.15) is 11.9 Å². The Morgan fingerprint density at radius 1 is 1.00 bits per heavy atom. The maximum absolute atomic E-state index is 13.6. The van der Waals surface area contributed by atoms with Crippen LogP contribution in [-0.2, 0) is 21.9 Å². The molecule has 4 rings (SSSR count). The highest BCUT2D eigenvalue weighted by molar-refractivity contribution is 5.83.